The molecule has 2 amide bonds. The molecule has 0 saturated carbocycles. The molecule has 1 saturated heterocycles. The van der Waals surface area contributed by atoms with Gasteiger partial charge in [-0.15, -0.1) is 0 Å². The molecule has 0 radical (unpaired) electrons. The Hall–Kier alpha value is -1.83. The highest BCUT2D eigenvalue weighted by Crippen LogP contribution is 2.23. The maximum absolute atomic E-state index is 11.6. The second kappa shape index (κ2) is 9.46. The number of hydrogen-bond donors (Lipinski definition) is 4. The summed E-state index contributed by atoms with van der Waals surface area (Å²) >= 11 is 0. The first-order chi connectivity index (χ1) is 11.3. The number of carboxylic acids is 1. The van der Waals surface area contributed by atoms with Gasteiger partial charge in [-0.2, -0.15) is 0 Å². The largest absolute Gasteiger partial charge is 0.480 e. The Bertz CT molecular complexity index is 453. The normalized spacial score (nSPS) is 24.5. The number of amides is 2. The van der Waals surface area contributed by atoms with E-state index in [-0.39, 0.29) is 24.4 Å². The molecule has 1 fully saturated rings. The number of rotatable bonds is 8. The zero-order valence-electron chi connectivity index (χ0n) is 14.8. The lowest BCUT2D eigenvalue weighted by Gasteiger charge is -2.31. The van der Waals surface area contributed by atoms with E-state index in [0.717, 1.165) is 19.3 Å². The van der Waals surface area contributed by atoms with Crippen LogP contribution in [0.4, 0.5) is 4.79 Å². The van der Waals surface area contributed by atoms with E-state index in [0.29, 0.717) is 5.92 Å². The monoisotopic (exact) mass is 343 g/mol. The van der Waals surface area contributed by atoms with Gasteiger partial charge in [-0.25, -0.2) is 4.79 Å². The summed E-state index contributed by atoms with van der Waals surface area (Å²) in [4.78, 5) is 34.5. The van der Waals surface area contributed by atoms with E-state index in [4.69, 9.17) is 0 Å². The van der Waals surface area contributed by atoms with Crippen LogP contribution in [0.15, 0.2) is 0 Å². The van der Waals surface area contributed by atoms with E-state index >= 15 is 0 Å². The minimum atomic E-state index is -0.974. The van der Waals surface area contributed by atoms with Crippen LogP contribution < -0.4 is 16.0 Å². The van der Waals surface area contributed by atoms with Gasteiger partial charge in [0.25, 0.3) is 0 Å². The van der Waals surface area contributed by atoms with Gasteiger partial charge >= 0.3 is 12.1 Å². The molecule has 1 aliphatic heterocycles. The number of carbonyl (C=O) groups is 3. The third-order valence-corrected chi connectivity index (χ3v) is 4.67. The molecule has 0 aromatic carbocycles. The van der Waals surface area contributed by atoms with Crippen LogP contribution in [-0.4, -0.2) is 54.4 Å². The van der Waals surface area contributed by atoms with Crippen LogP contribution in [0.1, 0.15) is 46.5 Å². The molecule has 0 aliphatic carbocycles. The Kier molecular flexibility index (Phi) is 7.97. The summed E-state index contributed by atoms with van der Waals surface area (Å²) in [5, 5.41) is 17.9. The molecule has 1 rings (SSSR count). The Labute approximate surface area is 142 Å². The van der Waals surface area contributed by atoms with Crippen LogP contribution in [-0.2, 0) is 14.3 Å². The molecule has 4 N–H and O–H groups in total. The minimum absolute atomic E-state index is 0.177. The molecule has 8 heteroatoms. The highest BCUT2D eigenvalue weighted by Gasteiger charge is 2.42. The molecule has 1 heterocycles. The molecular weight excluding hydrogens is 314 g/mol. The van der Waals surface area contributed by atoms with Crippen molar-refractivity contribution in [1.29, 1.82) is 0 Å². The summed E-state index contributed by atoms with van der Waals surface area (Å²) in [5.41, 5.74) is 0. The summed E-state index contributed by atoms with van der Waals surface area (Å²) < 4.78 is 4.63. The van der Waals surface area contributed by atoms with Gasteiger partial charge in [0, 0.05) is 19.0 Å². The zero-order valence-corrected chi connectivity index (χ0v) is 14.8. The molecule has 3 unspecified atom stereocenters. The van der Waals surface area contributed by atoms with E-state index in [9.17, 15) is 19.5 Å². The Morgan fingerprint density at radius 3 is 2.38 bits per heavy atom. The lowest BCUT2D eigenvalue weighted by Crippen LogP contribution is -2.56. The fourth-order valence-electron chi connectivity index (χ4n) is 3.28. The first-order valence-electron chi connectivity index (χ1n) is 8.42. The number of nitrogens with one attached hydrogen (secondary N) is 3. The van der Waals surface area contributed by atoms with Crippen molar-refractivity contribution in [3.05, 3.63) is 0 Å². The predicted molar refractivity (Wildman–Crippen MR) is 88.6 cm³/mol. The van der Waals surface area contributed by atoms with Crippen molar-refractivity contribution in [3.63, 3.8) is 0 Å². The van der Waals surface area contributed by atoms with E-state index in [1.807, 2.05) is 0 Å². The lowest BCUT2D eigenvalue weighted by molar-refractivity contribution is -0.139. The maximum Gasteiger partial charge on any atom is 0.407 e. The van der Waals surface area contributed by atoms with Gasteiger partial charge in [0.1, 0.15) is 6.04 Å². The second-order valence-corrected chi connectivity index (χ2v) is 6.29. The summed E-state index contributed by atoms with van der Waals surface area (Å²) in [6.45, 7) is 5.61. The highest BCUT2D eigenvalue weighted by molar-refractivity contribution is 5.75. The standard InChI is InChI=1S/C16H29N3O5/c1-5-10(6-2)7-11(17-9(3)20)14-12(19-16(23)24-4)8-13(18-14)15(21)22/h10-14,18H,5-8H2,1-4H3,(H,17,20)(H,19,23)(H,21,22)/t11?,12?,13-,14?/m0/s1. The van der Waals surface area contributed by atoms with Crippen molar-refractivity contribution >= 4 is 18.0 Å². The Morgan fingerprint density at radius 2 is 1.92 bits per heavy atom. The van der Waals surface area contributed by atoms with Gasteiger partial charge in [0.2, 0.25) is 5.91 Å². The van der Waals surface area contributed by atoms with Crippen molar-refractivity contribution in [1.82, 2.24) is 16.0 Å². The van der Waals surface area contributed by atoms with Crippen molar-refractivity contribution in [2.75, 3.05) is 7.11 Å². The van der Waals surface area contributed by atoms with Crippen molar-refractivity contribution in [2.45, 2.75) is 70.6 Å². The van der Waals surface area contributed by atoms with Crippen LogP contribution >= 0.6 is 0 Å². The van der Waals surface area contributed by atoms with Crippen molar-refractivity contribution in [2.24, 2.45) is 5.92 Å². The average Bonchev–Trinajstić information content (AvgIpc) is 2.94. The number of carboxylic acid groups (broad SMARTS) is 1. The third kappa shape index (κ3) is 5.67. The fourth-order valence-corrected chi connectivity index (χ4v) is 3.28. The van der Waals surface area contributed by atoms with E-state index < -0.39 is 24.1 Å². The molecule has 0 aromatic heterocycles. The number of aliphatic carboxylic acids is 1. The van der Waals surface area contributed by atoms with Crippen molar-refractivity contribution in [3.8, 4) is 0 Å². The quantitative estimate of drug-likeness (QED) is 0.519. The van der Waals surface area contributed by atoms with Gasteiger partial charge in [0.05, 0.1) is 13.2 Å². The summed E-state index contributed by atoms with van der Waals surface area (Å²) in [5.74, 6) is -0.743. The Balaban J connectivity index is 2.97. The molecule has 138 valence electrons. The Morgan fingerprint density at radius 1 is 1.29 bits per heavy atom. The topological polar surface area (TPSA) is 117 Å². The summed E-state index contributed by atoms with van der Waals surface area (Å²) in [7, 11) is 1.26. The van der Waals surface area contributed by atoms with Crippen LogP contribution in [0.3, 0.4) is 0 Å². The maximum atomic E-state index is 11.6. The van der Waals surface area contributed by atoms with Crippen LogP contribution in [0, 0.1) is 5.92 Å². The SMILES string of the molecule is CCC(CC)CC(NC(C)=O)C1N[C@H](C(=O)O)CC1NC(=O)OC. The smallest absolute Gasteiger partial charge is 0.407 e. The third-order valence-electron chi connectivity index (χ3n) is 4.67. The molecule has 0 spiro atoms. The lowest BCUT2D eigenvalue weighted by atomic mass is 9.89. The first kappa shape index (κ1) is 20.2. The number of carbonyl (C=O) groups excluding carboxylic acids is 2. The zero-order chi connectivity index (χ0) is 18.3. The molecule has 1 aliphatic rings. The molecule has 0 aromatic rings. The van der Waals surface area contributed by atoms with Crippen LogP contribution in [0.25, 0.3) is 0 Å². The number of hydrogen-bond acceptors (Lipinski definition) is 5. The summed E-state index contributed by atoms with van der Waals surface area (Å²) in [6, 6.07) is -1.83. The van der Waals surface area contributed by atoms with E-state index in [1.165, 1.54) is 14.0 Å². The number of ether oxygens (including phenoxy) is 1. The van der Waals surface area contributed by atoms with Gasteiger partial charge in [-0.3, -0.25) is 14.9 Å². The second-order valence-electron chi connectivity index (χ2n) is 6.29. The van der Waals surface area contributed by atoms with Crippen LogP contribution in [0.2, 0.25) is 0 Å². The van der Waals surface area contributed by atoms with Gasteiger partial charge in [-0.1, -0.05) is 26.7 Å². The molecule has 0 bridgehead atoms. The first-order valence-corrected chi connectivity index (χ1v) is 8.42. The van der Waals surface area contributed by atoms with Crippen molar-refractivity contribution < 1.29 is 24.2 Å². The van der Waals surface area contributed by atoms with Gasteiger partial charge in [0.15, 0.2) is 0 Å². The number of methoxy groups -OCH3 is 1. The van der Waals surface area contributed by atoms with Gasteiger partial charge in [-0.05, 0) is 18.8 Å². The van der Waals surface area contributed by atoms with E-state index in [2.05, 4.69) is 34.5 Å². The number of alkyl carbamates (subject to hydrolysis) is 1. The molecular formula is C16H29N3O5. The highest BCUT2D eigenvalue weighted by atomic mass is 16.5. The predicted octanol–water partition coefficient (Wildman–Crippen LogP) is 0.857. The average molecular weight is 343 g/mol. The van der Waals surface area contributed by atoms with E-state index in [1.54, 1.807) is 0 Å². The fraction of sp³-hybridized carbons (Fsp3) is 0.812. The van der Waals surface area contributed by atoms with Crippen LogP contribution in [0.5, 0.6) is 0 Å². The molecule has 24 heavy (non-hydrogen) atoms. The molecule has 4 atom stereocenters. The summed E-state index contributed by atoms with van der Waals surface area (Å²) in [6.07, 6.45) is 2.29. The minimum Gasteiger partial charge on any atom is -0.480 e. The van der Waals surface area contributed by atoms with Gasteiger partial charge < -0.3 is 20.5 Å². The molecule has 8 nitrogen and oxygen atoms in total.